The predicted octanol–water partition coefficient (Wildman–Crippen LogP) is 0.509. The zero-order valence-corrected chi connectivity index (χ0v) is 10.7. The lowest BCUT2D eigenvalue weighted by Gasteiger charge is -2.06. The molecule has 0 aliphatic carbocycles. The summed E-state index contributed by atoms with van der Waals surface area (Å²) in [5.74, 6) is -0.255. The number of nitrogens with one attached hydrogen (secondary N) is 2. The molecule has 0 aliphatic rings. The number of H-pyrrole nitrogens is 2. The molecule has 0 radical (unpaired) electrons. The minimum absolute atomic E-state index is 0.0947. The minimum Gasteiger partial charge on any atom is -0.494 e. The van der Waals surface area contributed by atoms with Gasteiger partial charge in [0.2, 0.25) is 5.88 Å². The molecular formula is C10H16N4O2S. The fourth-order valence-corrected chi connectivity index (χ4v) is 1.43. The van der Waals surface area contributed by atoms with Crippen LogP contribution in [0.1, 0.15) is 12.0 Å². The van der Waals surface area contributed by atoms with Gasteiger partial charge in [-0.3, -0.25) is 14.8 Å². The number of nitrogens with zero attached hydrogens (tertiary/aromatic N) is 2. The minimum atomic E-state index is -0.442. The summed E-state index contributed by atoms with van der Waals surface area (Å²) in [7, 11) is 3.97. The summed E-state index contributed by atoms with van der Waals surface area (Å²) in [6, 6.07) is 0. The second-order valence-electron chi connectivity index (χ2n) is 3.86. The quantitative estimate of drug-likeness (QED) is 0.407. The van der Waals surface area contributed by atoms with E-state index in [1.807, 2.05) is 14.1 Å². The van der Waals surface area contributed by atoms with Crippen LogP contribution in [0.5, 0.6) is 5.88 Å². The van der Waals surface area contributed by atoms with Gasteiger partial charge in [0.15, 0.2) is 4.77 Å². The molecule has 0 unspecified atom stereocenters. The van der Waals surface area contributed by atoms with Gasteiger partial charge < -0.3 is 15.0 Å². The fraction of sp³-hybridized carbons (Fsp3) is 0.500. The molecule has 94 valence electrons. The van der Waals surface area contributed by atoms with Gasteiger partial charge in [-0.25, -0.2) is 0 Å². The molecule has 0 aliphatic heterocycles. The van der Waals surface area contributed by atoms with E-state index >= 15 is 0 Å². The van der Waals surface area contributed by atoms with Gasteiger partial charge in [0, 0.05) is 12.8 Å². The number of aliphatic imine (C=N–C) groups is 1. The largest absolute Gasteiger partial charge is 0.494 e. The van der Waals surface area contributed by atoms with E-state index in [1.165, 1.54) is 6.21 Å². The van der Waals surface area contributed by atoms with E-state index < -0.39 is 5.56 Å². The lowest BCUT2D eigenvalue weighted by Crippen LogP contribution is -2.15. The van der Waals surface area contributed by atoms with Crippen LogP contribution in [0.2, 0.25) is 0 Å². The van der Waals surface area contributed by atoms with Crippen molar-refractivity contribution in [3.8, 4) is 5.88 Å². The Morgan fingerprint density at radius 1 is 1.47 bits per heavy atom. The van der Waals surface area contributed by atoms with Crippen molar-refractivity contribution in [2.45, 2.75) is 6.42 Å². The van der Waals surface area contributed by atoms with Crippen molar-refractivity contribution in [3.05, 3.63) is 20.7 Å². The first-order valence-electron chi connectivity index (χ1n) is 5.21. The average Bonchev–Trinajstić information content (AvgIpc) is 2.20. The zero-order chi connectivity index (χ0) is 12.8. The highest BCUT2D eigenvalue weighted by Crippen LogP contribution is 2.03. The van der Waals surface area contributed by atoms with E-state index in [2.05, 4.69) is 19.9 Å². The Labute approximate surface area is 104 Å². The molecular weight excluding hydrogens is 240 g/mol. The second-order valence-corrected chi connectivity index (χ2v) is 4.27. The summed E-state index contributed by atoms with van der Waals surface area (Å²) < 4.78 is 0.0947. The molecule has 17 heavy (non-hydrogen) atoms. The maximum Gasteiger partial charge on any atom is 0.264 e. The van der Waals surface area contributed by atoms with Crippen LogP contribution in [-0.4, -0.2) is 53.4 Å². The third kappa shape index (κ3) is 4.49. The van der Waals surface area contributed by atoms with Crippen LogP contribution in [0.15, 0.2) is 9.79 Å². The van der Waals surface area contributed by atoms with Crippen LogP contribution in [0.4, 0.5) is 0 Å². The Morgan fingerprint density at radius 3 is 2.76 bits per heavy atom. The summed E-state index contributed by atoms with van der Waals surface area (Å²) in [6.07, 6.45) is 2.25. The third-order valence-electron chi connectivity index (χ3n) is 2.07. The van der Waals surface area contributed by atoms with Gasteiger partial charge in [-0.05, 0) is 39.3 Å². The van der Waals surface area contributed by atoms with Crippen LogP contribution < -0.4 is 5.56 Å². The lowest BCUT2D eigenvalue weighted by molar-refractivity contribution is 0.403. The summed E-state index contributed by atoms with van der Waals surface area (Å²) in [6.45, 7) is 1.53. The summed E-state index contributed by atoms with van der Waals surface area (Å²) in [5.41, 5.74) is -0.342. The summed E-state index contributed by atoms with van der Waals surface area (Å²) in [5, 5.41) is 9.48. The van der Waals surface area contributed by atoms with Gasteiger partial charge >= 0.3 is 0 Å². The standard InChI is InChI=1S/C10H16N4O2S/c1-14(2)5-3-4-11-6-7-8(15)12-10(17)13-9(7)16/h6H,3-5H2,1-2H3,(H3,12,13,15,16,17). The molecule has 0 atom stereocenters. The zero-order valence-electron chi connectivity index (χ0n) is 9.86. The highest BCUT2D eigenvalue weighted by molar-refractivity contribution is 7.71. The Bertz CT molecular complexity index is 504. The number of aromatic hydroxyl groups is 1. The number of hydrogen-bond acceptors (Lipinski definition) is 5. The van der Waals surface area contributed by atoms with Crippen LogP contribution in [-0.2, 0) is 0 Å². The highest BCUT2D eigenvalue weighted by Gasteiger charge is 2.03. The van der Waals surface area contributed by atoms with Gasteiger partial charge in [0.05, 0.1) is 0 Å². The van der Waals surface area contributed by atoms with Gasteiger partial charge in [-0.15, -0.1) is 0 Å². The van der Waals surface area contributed by atoms with Crippen molar-refractivity contribution in [2.24, 2.45) is 4.99 Å². The molecule has 0 aromatic carbocycles. The molecule has 7 heteroatoms. The molecule has 0 fully saturated rings. The maximum absolute atomic E-state index is 11.4. The van der Waals surface area contributed by atoms with Crippen molar-refractivity contribution < 1.29 is 5.11 Å². The monoisotopic (exact) mass is 256 g/mol. The molecule has 1 aromatic heterocycles. The van der Waals surface area contributed by atoms with E-state index in [0.29, 0.717) is 6.54 Å². The molecule has 0 saturated heterocycles. The molecule has 1 rings (SSSR count). The number of aromatic amines is 2. The third-order valence-corrected chi connectivity index (χ3v) is 2.28. The first kappa shape index (κ1) is 13.6. The molecule has 0 bridgehead atoms. The van der Waals surface area contributed by atoms with Gasteiger partial charge in [-0.1, -0.05) is 0 Å². The smallest absolute Gasteiger partial charge is 0.264 e. The molecule has 1 heterocycles. The van der Waals surface area contributed by atoms with Crippen LogP contribution >= 0.6 is 12.2 Å². The van der Waals surface area contributed by atoms with E-state index in [9.17, 15) is 9.90 Å². The number of rotatable bonds is 5. The Morgan fingerprint density at radius 2 is 2.18 bits per heavy atom. The molecule has 0 amide bonds. The Balaban J connectivity index is 2.66. The highest BCUT2D eigenvalue weighted by atomic mass is 32.1. The van der Waals surface area contributed by atoms with Crippen molar-refractivity contribution >= 4 is 18.4 Å². The Hall–Kier alpha value is -1.47. The molecule has 1 aromatic rings. The van der Waals surface area contributed by atoms with Gasteiger partial charge in [0.1, 0.15) is 5.56 Å². The van der Waals surface area contributed by atoms with Crippen LogP contribution in [0.3, 0.4) is 0 Å². The second kappa shape index (κ2) is 6.31. The van der Waals surface area contributed by atoms with Gasteiger partial charge in [-0.2, -0.15) is 0 Å². The van der Waals surface area contributed by atoms with E-state index in [0.717, 1.165) is 13.0 Å². The first-order valence-corrected chi connectivity index (χ1v) is 5.61. The average molecular weight is 256 g/mol. The molecule has 6 nitrogen and oxygen atoms in total. The SMILES string of the molecule is CN(C)CCCN=Cc1c(O)[nH]c(=S)[nH]c1=O. The number of hydrogen-bond donors (Lipinski definition) is 3. The fourth-order valence-electron chi connectivity index (χ4n) is 1.24. The van der Waals surface area contributed by atoms with Crippen LogP contribution in [0.25, 0.3) is 0 Å². The van der Waals surface area contributed by atoms with Crippen molar-refractivity contribution in [3.63, 3.8) is 0 Å². The van der Waals surface area contributed by atoms with E-state index in [1.54, 1.807) is 0 Å². The maximum atomic E-state index is 11.4. The normalized spacial score (nSPS) is 11.5. The van der Waals surface area contributed by atoms with Crippen LogP contribution in [0, 0.1) is 4.77 Å². The molecule has 0 saturated carbocycles. The van der Waals surface area contributed by atoms with Crippen molar-refractivity contribution in [2.75, 3.05) is 27.2 Å². The lowest BCUT2D eigenvalue weighted by atomic mass is 10.3. The van der Waals surface area contributed by atoms with E-state index in [-0.39, 0.29) is 16.2 Å². The summed E-state index contributed by atoms with van der Waals surface area (Å²) in [4.78, 5) is 22.4. The molecule has 3 N–H and O–H groups in total. The Kier molecular flexibility index (Phi) is 5.05. The van der Waals surface area contributed by atoms with Gasteiger partial charge in [0.25, 0.3) is 5.56 Å². The van der Waals surface area contributed by atoms with Crippen molar-refractivity contribution in [1.82, 2.24) is 14.9 Å². The first-order chi connectivity index (χ1) is 8.00. The predicted molar refractivity (Wildman–Crippen MR) is 69.5 cm³/mol. The van der Waals surface area contributed by atoms with Crippen molar-refractivity contribution in [1.29, 1.82) is 0 Å². The summed E-state index contributed by atoms with van der Waals surface area (Å²) >= 11 is 4.71. The topological polar surface area (TPSA) is 84.5 Å². The molecule has 0 spiro atoms. The van der Waals surface area contributed by atoms with E-state index in [4.69, 9.17) is 12.2 Å². The number of aromatic nitrogens is 2.